The highest BCUT2D eigenvalue weighted by molar-refractivity contribution is 6.37. The molecule has 220 valence electrons. The number of rotatable bonds is 7. The fourth-order valence-electron chi connectivity index (χ4n) is 4.38. The SMILES string of the molecule is CCOC(=O)C(=O)Nc1ccc(Oc2ccc(-c3cc(C(F)(F)F)c(C#N)c(=O)n3Cc3ccc(C)cc3C)cc2)cc1. The number of anilines is 1. The zero-order valence-electron chi connectivity index (χ0n) is 23.4. The maximum Gasteiger partial charge on any atom is 0.417 e. The van der Waals surface area contributed by atoms with Crippen LogP contribution in [0.3, 0.4) is 0 Å². The van der Waals surface area contributed by atoms with Crippen molar-refractivity contribution in [1.29, 1.82) is 5.26 Å². The number of carbonyl (C=O) groups is 2. The van der Waals surface area contributed by atoms with E-state index >= 15 is 0 Å². The number of nitriles is 1. The summed E-state index contributed by atoms with van der Waals surface area (Å²) in [5, 5.41) is 11.9. The molecule has 8 nitrogen and oxygen atoms in total. The summed E-state index contributed by atoms with van der Waals surface area (Å²) in [4.78, 5) is 36.6. The molecule has 0 atom stereocenters. The first-order valence-electron chi connectivity index (χ1n) is 13.1. The van der Waals surface area contributed by atoms with Gasteiger partial charge in [-0.1, -0.05) is 23.8 Å². The summed E-state index contributed by atoms with van der Waals surface area (Å²) in [6.45, 7) is 5.36. The number of benzene rings is 3. The minimum Gasteiger partial charge on any atom is -0.459 e. The van der Waals surface area contributed by atoms with Gasteiger partial charge in [-0.15, -0.1) is 0 Å². The van der Waals surface area contributed by atoms with Gasteiger partial charge in [0.25, 0.3) is 5.56 Å². The lowest BCUT2D eigenvalue weighted by atomic mass is 10.0. The fraction of sp³-hybridized carbons (Fsp3) is 0.188. The first-order chi connectivity index (χ1) is 20.4. The van der Waals surface area contributed by atoms with E-state index in [1.165, 1.54) is 47.0 Å². The molecule has 1 N–H and O–H groups in total. The Labute approximate surface area is 244 Å². The van der Waals surface area contributed by atoms with Gasteiger partial charge in [0.1, 0.15) is 23.1 Å². The molecule has 0 fully saturated rings. The van der Waals surface area contributed by atoms with Crippen molar-refractivity contribution in [2.45, 2.75) is 33.5 Å². The monoisotopic (exact) mass is 589 g/mol. The average molecular weight is 590 g/mol. The molecule has 0 aliphatic rings. The van der Waals surface area contributed by atoms with Gasteiger partial charge in [-0.25, -0.2) is 4.79 Å². The lowest BCUT2D eigenvalue weighted by Gasteiger charge is -2.19. The molecule has 0 saturated heterocycles. The van der Waals surface area contributed by atoms with Crippen LogP contribution in [0.4, 0.5) is 18.9 Å². The van der Waals surface area contributed by atoms with Gasteiger partial charge < -0.3 is 19.4 Å². The van der Waals surface area contributed by atoms with Crippen molar-refractivity contribution >= 4 is 17.6 Å². The Morgan fingerprint density at radius 2 is 1.58 bits per heavy atom. The number of pyridine rings is 1. The van der Waals surface area contributed by atoms with Crippen LogP contribution in [-0.4, -0.2) is 23.1 Å². The van der Waals surface area contributed by atoms with E-state index < -0.39 is 34.7 Å². The first-order valence-corrected chi connectivity index (χ1v) is 13.1. The van der Waals surface area contributed by atoms with Crippen molar-refractivity contribution in [3.05, 3.63) is 111 Å². The number of amides is 1. The van der Waals surface area contributed by atoms with Crippen LogP contribution >= 0.6 is 0 Å². The Hall–Kier alpha value is -5.37. The fourth-order valence-corrected chi connectivity index (χ4v) is 4.38. The standard InChI is InChI=1S/C32H26F3N3O5/c1-4-42-31(41)29(39)37-23-9-13-25(14-10-23)43-24-11-7-21(8-12-24)28-16-27(32(33,34)35)26(17-36)30(40)38(28)18-22-6-5-19(2)15-20(22)3/h5-16H,4,18H2,1-3H3,(H,37,39). The van der Waals surface area contributed by atoms with E-state index in [4.69, 9.17) is 4.74 Å². The number of hydrogen-bond donors (Lipinski definition) is 1. The van der Waals surface area contributed by atoms with Gasteiger partial charge in [-0.2, -0.15) is 18.4 Å². The van der Waals surface area contributed by atoms with Gasteiger partial charge >= 0.3 is 18.1 Å². The second kappa shape index (κ2) is 12.7. The zero-order valence-corrected chi connectivity index (χ0v) is 23.4. The highest BCUT2D eigenvalue weighted by Gasteiger charge is 2.36. The summed E-state index contributed by atoms with van der Waals surface area (Å²) in [5.41, 5.74) is -0.112. The van der Waals surface area contributed by atoms with E-state index in [0.717, 1.165) is 22.8 Å². The van der Waals surface area contributed by atoms with Gasteiger partial charge in [0.2, 0.25) is 0 Å². The summed E-state index contributed by atoms with van der Waals surface area (Å²) in [7, 11) is 0. The molecular weight excluding hydrogens is 563 g/mol. The van der Waals surface area contributed by atoms with Gasteiger partial charge in [0, 0.05) is 5.69 Å². The normalized spacial score (nSPS) is 11.0. The minimum absolute atomic E-state index is 0.00968. The topological polar surface area (TPSA) is 110 Å². The smallest absolute Gasteiger partial charge is 0.417 e. The number of aryl methyl sites for hydroxylation is 2. The number of nitrogens with zero attached hydrogens (tertiary/aromatic N) is 2. The zero-order chi connectivity index (χ0) is 31.3. The molecule has 4 rings (SSSR count). The molecule has 0 aliphatic heterocycles. The molecule has 0 spiro atoms. The number of halogens is 3. The molecule has 43 heavy (non-hydrogen) atoms. The number of esters is 1. The van der Waals surface area contributed by atoms with E-state index in [0.29, 0.717) is 22.7 Å². The van der Waals surface area contributed by atoms with Gasteiger partial charge in [-0.3, -0.25) is 9.59 Å². The highest BCUT2D eigenvalue weighted by atomic mass is 19.4. The minimum atomic E-state index is -4.91. The maximum absolute atomic E-state index is 13.9. The summed E-state index contributed by atoms with van der Waals surface area (Å²) in [5.74, 6) is -1.20. The number of nitrogens with one attached hydrogen (secondary N) is 1. The van der Waals surface area contributed by atoms with Crippen LogP contribution in [0, 0.1) is 25.2 Å². The molecule has 0 unspecified atom stereocenters. The number of carbonyl (C=O) groups excluding carboxylic acids is 2. The second-order valence-electron chi connectivity index (χ2n) is 9.57. The predicted molar refractivity (Wildman–Crippen MR) is 153 cm³/mol. The van der Waals surface area contributed by atoms with Gasteiger partial charge in [0.05, 0.1) is 24.4 Å². The van der Waals surface area contributed by atoms with E-state index in [2.05, 4.69) is 10.1 Å². The van der Waals surface area contributed by atoms with Crippen molar-refractivity contribution in [2.24, 2.45) is 0 Å². The third-order valence-electron chi connectivity index (χ3n) is 6.50. The van der Waals surface area contributed by atoms with Gasteiger partial charge in [-0.05, 0) is 92.1 Å². The van der Waals surface area contributed by atoms with Crippen LogP contribution in [0.2, 0.25) is 0 Å². The molecule has 0 radical (unpaired) electrons. The molecule has 3 aromatic carbocycles. The lowest BCUT2D eigenvalue weighted by molar-refractivity contribution is -0.152. The lowest BCUT2D eigenvalue weighted by Crippen LogP contribution is -2.29. The van der Waals surface area contributed by atoms with Crippen molar-refractivity contribution in [3.63, 3.8) is 0 Å². The van der Waals surface area contributed by atoms with E-state index in [-0.39, 0.29) is 18.8 Å². The molecule has 0 saturated carbocycles. The molecular formula is C32H26F3N3O5. The number of aromatic nitrogens is 1. The Kier molecular flexibility index (Phi) is 9.00. The van der Waals surface area contributed by atoms with E-state index in [1.807, 2.05) is 26.0 Å². The third-order valence-corrected chi connectivity index (χ3v) is 6.50. The third kappa shape index (κ3) is 7.11. The molecule has 11 heteroatoms. The van der Waals surface area contributed by atoms with E-state index in [1.54, 1.807) is 25.1 Å². The summed E-state index contributed by atoms with van der Waals surface area (Å²) < 4.78 is 53.3. The van der Waals surface area contributed by atoms with Crippen LogP contribution in [0.1, 0.15) is 34.7 Å². The van der Waals surface area contributed by atoms with Crippen LogP contribution in [0.25, 0.3) is 11.3 Å². The Morgan fingerprint density at radius 3 is 2.14 bits per heavy atom. The summed E-state index contributed by atoms with van der Waals surface area (Å²) in [6.07, 6.45) is -4.91. The van der Waals surface area contributed by atoms with Gasteiger partial charge in [0.15, 0.2) is 0 Å². The number of ether oxygens (including phenoxy) is 2. The Bertz CT molecular complexity index is 1770. The first kappa shape index (κ1) is 30.6. The number of alkyl halides is 3. The van der Waals surface area contributed by atoms with Crippen molar-refractivity contribution < 1.29 is 32.2 Å². The highest BCUT2D eigenvalue weighted by Crippen LogP contribution is 2.34. The van der Waals surface area contributed by atoms with Crippen molar-refractivity contribution in [1.82, 2.24) is 4.57 Å². The molecule has 0 bridgehead atoms. The molecule has 4 aromatic rings. The largest absolute Gasteiger partial charge is 0.459 e. The molecule has 1 heterocycles. The van der Waals surface area contributed by atoms with Crippen molar-refractivity contribution in [3.8, 4) is 28.8 Å². The Morgan fingerprint density at radius 1 is 0.953 bits per heavy atom. The Balaban J connectivity index is 1.65. The van der Waals surface area contributed by atoms with Crippen LogP contribution in [-0.2, 0) is 27.0 Å². The molecule has 1 amide bonds. The van der Waals surface area contributed by atoms with Crippen LogP contribution in [0.5, 0.6) is 11.5 Å². The second-order valence-corrected chi connectivity index (χ2v) is 9.57. The van der Waals surface area contributed by atoms with E-state index in [9.17, 15) is 32.8 Å². The quantitative estimate of drug-likeness (QED) is 0.198. The summed E-state index contributed by atoms with van der Waals surface area (Å²) in [6, 6.07) is 20.0. The maximum atomic E-state index is 13.9. The molecule has 0 aliphatic carbocycles. The predicted octanol–water partition coefficient (Wildman–Crippen LogP) is 6.36. The molecule has 1 aromatic heterocycles. The summed E-state index contributed by atoms with van der Waals surface area (Å²) >= 11 is 0. The number of hydrogen-bond acceptors (Lipinski definition) is 6. The average Bonchev–Trinajstić information content (AvgIpc) is 2.96. The van der Waals surface area contributed by atoms with Crippen LogP contribution < -0.4 is 15.6 Å². The van der Waals surface area contributed by atoms with Crippen LogP contribution in [0.15, 0.2) is 77.6 Å². The van der Waals surface area contributed by atoms with Crippen molar-refractivity contribution in [2.75, 3.05) is 11.9 Å².